The van der Waals surface area contributed by atoms with Crippen molar-refractivity contribution in [3.63, 3.8) is 0 Å². The number of hydrogen-bond acceptors (Lipinski definition) is 4. The maximum atomic E-state index is 5.85. The number of aliphatic imine (C=N–C) groups is 1. The van der Waals surface area contributed by atoms with E-state index >= 15 is 0 Å². The van der Waals surface area contributed by atoms with Gasteiger partial charge in [0.15, 0.2) is 5.96 Å². The van der Waals surface area contributed by atoms with Crippen LogP contribution in [0.4, 0.5) is 0 Å². The number of rotatable bonds is 5. The number of likely N-dealkylation sites (tertiary alicyclic amines) is 1. The largest absolute Gasteiger partial charge is 0.381 e. The average Bonchev–Trinajstić information content (AvgIpc) is 3.21. The molecule has 154 valence electrons. The highest BCUT2D eigenvalue weighted by Crippen LogP contribution is 2.28. The summed E-state index contributed by atoms with van der Waals surface area (Å²) in [5.41, 5.74) is -0.189. The molecule has 2 fully saturated rings. The van der Waals surface area contributed by atoms with E-state index in [1.807, 2.05) is 12.5 Å². The van der Waals surface area contributed by atoms with E-state index in [1.165, 1.54) is 0 Å². The first-order valence-electron chi connectivity index (χ1n) is 9.81. The molecule has 2 unspecified atom stereocenters. The van der Waals surface area contributed by atoms with Crippen molar-refractivity contribution in [2.45, 2.75) is 44.8 Å². The van der Waals surface area contributed by atoms with Gasteiger partial charge in [-0.15, -0.1) is 24.0 Å². The Morgan fingerprint density at radius 3 is 2.81 bits per heavy atom. The first-order chi connectivity index (χ1) is 12.7. The molecule has 1 aromatic rings. The highest BCUT2D eigenvalue weighted by Gasteiger charge is 2.33. The number of ether oxygens (including phenoxy) is 2. The monoisotopic (exact) mass is 491 g/mol. The van der Waals surface area contributed by atoms with Crippen LogP contribution in [0.2, 0.25) is 0 Å². The van der Waals surface area contributed by atoms with Crippen LogP contribution in [0.3, 0.4) is 0 Å². The molecule has 1 aromatic heterocycles. The molecule has 2 aliphatic rings. The number of halogens is 1. The van der Waals surface area contributed by atoms with E-state index < -0.39 is 0 Å². The normalized spacial score (nSPS) is 25.7. The fourth-order valence-electron chi connectivity index (χ4n) is 3.91. The molecule has 0 amide bonds. The van der Waals surface area contributed by atoms with Crippen LogP contribution in [-0.4, -0.2) is 72.5 Å². The van der Waals surface area contributed by atoms with E-state index in [9.17, 15) is 0 Å². The van der Waals surface area contributed by atoms with Crippen molar-refractivity contribution < 1.29 is 9.47 Å². The summed E-state index contributed by atoms with van der Waals surface area (Å²) in [6.45, 7) is 9.48. The van der Waals surface area contributed by atoms with Gasteiger partial charge in [0.2, 0.25) is 0 Å². The maximum Gasteiger partial charge on any atom is 0.194 e. The van der Waals surface area contributed by atoms with E-state index in [-0.39, 0.29) is 29.6 Å². The third-order valence-electron chi connectivity index (χ3n) is 5.81. The maximum absolute atomic E-state index is 5.85. The molecule has 2 aliphatic heterocycles. The van der Waals surface area contributed by atoms with Crippen molar-refractivity contribution >= 4 is 29.9 Å². The number of methoxy groups -OCH3 is 1. The van der Waals surface area contributed by atoms with Gasteiger partial charge in [-0.1, -0.05) is 6.92 Å². The number of piperidine rings is 1. The second-order valence-corrected chi connectivity index (χ2v) is 7.46. The molecule has 8 heteroatoms. The molecule has 2 atom stereocenters. The van der Waals surface area contributed by atoms with Crippen LogP contribution < -0.4 is 5.32 Å². The van der Waals surface area contributed by atoms with Gasteiger partial charge in [-0.3, -0.25) is 4.99 Å². The summed E-state index contributed by atoms with van der Waals surface area (Å²) < 4.78 is 13.6. The number of aromatic nitrogens is 2. The van der Waals surface area contributed by atoms with Gasteiger partial charge in [-0.25, -0.2) is 4.98 Å². The summed E-state index contributed by atoms with van der Waals surface area (Å²) in [4.78, 5) is 11.6. The Morgan fingerprint density at radius 1 is 1.41 bits per heavy atom. The van der Waals surface area contributed by atoms with E-state index in [0.717, 1.165) is 58.1 Å². The summed E-state index contributed by atoms with van der Waals surface area (Å²) in [7, 11) is 1.80. The van der Waals surface area contributed by atoms with Crippen LogP contribution in [0.25, 0.3) is 0 Å². The zero-order chi connectivity index (χ0) is 18.4. The average molecular weight is 491 g/mol. The molecule has 2 saturated heterocycles. The first kappa shape index (κ1) is 22.4. The molecule has 0 spiro atoms. The van der Waals surface area contributed by atoms with Gasteiger partial charge in [-0.05, 0) is 19.3 Å². The van der Waals surface area contributed by atoms with Gasteiger partial charge in [0.05, 0.1) is 24.5 Å². The quantitative estimate of drug-likeness (QED) is 0.390. The lowest BCUT2D eigenvalue weighted by Crippen LogP contribution is -2.50. The highest BCUT2D eigenvalue weighted by molar-refractivity contribution is 14.0. The predicted molar refractivity (Wildman–Crippen MR) is 118 cm³/mol. The number of nitrogens with one attached hydrogen (secondary N) is 1. The molecule has 0 bridgehead atoms. The molecule has 27 heavy (non-hydrogen) atoms. The molecule has 7 nitrogen and oxygen atoms in total. The third kappa shape index (κ3) is 5.57. The van der Waals surface area contributed by atoms with E-state index in [2.05, 4.69) is 39.8 Å². The zero-order valence-electron chi connectivity index (χ0n) is 16.8. The topological polar surface area (TPSA) is 63.9 Å². The minimum Gasteiger partial charge on any atom is -0.381 e. The summed E-state index contributed by atoms with van der Waals surface area (Å²) >= 11 is 0. The Bertz CT molecular complexity index is 575. The molecule has 0 aliphatic carbocycles. The van der Waals surface area contributed by atoms with E-state index in [0.29, 0.717) is 18.5 Å². The summed E-state index contributed by atoms with van der Waals surface area (Å²) in [6, 6.07) is 0.426. The Labute approximate surface area is 179 Å². The van der Waals surface area contributed by atoms with Crippen molar-refractivity contribution in [1.82, 2.24) is 19.8 Å². The fourth-order valence-corrected chi connectivity index (χ4v) is 3.91. The number of nitrogens with zero attached hydrogens (tertiary/aromatic N) is 4. The van der Waals surface area contributed by atoms with Crippen molar-refractivity contribution in [3.8, 4) is 0 Å². The highest BCUT2D eigenvalue weighted by atomic mass is 127. The van der Waals surface area contributed by atoms with Crippen LogP contribution in [0.15, 0.2) is 23.7 Å². The predicted octanol–water partition coefficient (Wildman–Crippen LogP) is 2.55. The van der Waals surface area contributed by atoms with Gasteiger partial charge in [0.25, 0.3) is 0 Å². The SMILES string of the molecule is CCNC(=NCC1(OC)CCOCC1)N1CCC(C)C(n2ccnc2)C1.I. The number of guanidine groups is 1. The van der Waals surface area contributed by atoms with Gasteiger partial charge >= 0.3 is 0 Å². The van der Waals surface area contributed by atoms with Crippen molar-refractivity contribution in [1.29, 1.82) is 0 Å². The minimum absolute atomic E-state index is 0. The van der Waals surface area contributed by atoms with E-state index in [4.69, 9.17) is 14.5 Å². The Morgan fingerprint density at radius 2 is 2.19 bits per heavy atom. The van der Waals surface area contributed by atoms with Crippen LogP contribution in [0.1, 0.15) is 39.2 Å². The summed E-state index contributed by atoms with van der Waals surface area (Å²) in [6.07, 6.45) is 8.81. The van der Waals surface area contributed by atoms with Gasteiger partial charge in [-0.2, -0.15) is 0 Å². The fraction of sp³-hybridized carbons (Fsp3) is 0.789. The second-order valence-electron chi connectivity index (χ2n) is 7.46. The number of imidazole rings is 1. The van der Waals surface area contributed by atoms with Crippen molar-refractivity contribution in [2.24, 2.45) is 10.9 Å². The molecular formula is C19H34IN5O2. The lowest BCUT2D eigenvalue weighted by Gasteiger charge is -2.40. The molecule has 3 heterocycles. The third-order valence-corrected chi connectivity index (χ3v) is 5.81. The second kappa shape index (κ2) is 10.6. The van der Waals surface area contributed by atoms with Crippen LogP contribution in [0.5, 0.6) is 0 Å². The van der Waals surface area contributed by atoms with Crippen molar-refractivity contribution in [2.75, 3.05) is 46.5 Å². The Kier molecular flexibility index (Phi) is 8.81. The summed E-state index contributed by atoms with van der Waals surface area (Å²) in [5.74, 6) is 1.62. The Balaban J connectivity index is 0.00000261. The lowest BCUT2D eigenvalue weighted by molar-refractivity contribution is -0.0829. The molecule has 0 radical (unpaired) electrons. The number of hydrogen-bond donors (Lipinski definition) is 1. The van der Waals surface area contributed by atoms with Crippen molar-refractivity contribution in [3.05, 3.63) is 18.7 Å². The standard InChI is InChI=1S/C19H33N5O2.HI/c1-4-21-18(22-14-19(25-3)6-11-26-12-7-19)23-9-5-16(2)17(13-23)24-10-8-20-15-24;/h8,10,15-17H,4-7,9,11-14H2,1-3H3,(H,21,22);1H. The molecular weight excluding hydrogens is 457 g/mol. The lowest BCUT2D eigenvalue weighted by atomic mass is 9.93. The van der Waals surface area contributed by atoms with Crippen LogP contribution in [-0.2, 0) is 9.47 Å². The van der Waals surface area contributed by atoms with Crippen LogP contribution in [0, 0.1) is 5.92 Å². The van der Waals surface area contributed by atoms with Crippen LogP contribution >= 0.6 is 24.0 Å². The molecule has 1 N–H and O–H groups in total. The first-order valence-corrected chi connectivity index (χ1v) is 9.81. The summed E-state index contributed by atoms with van der Waals surface area (Å²) in [5, 5.41) is 3.48. The van der Waals surface area contributed by atoms with Gasteiger partial charge in [0.1, 0.15) is 0 Å². The van der Waals surface area contributed by atoms with E-state index in [1.54, 1.807) is 7.11 Å². The van der Waals surface area contributed by atoms with Gasteiger partial charge in [0, 0.05) is 65.2 Å². The minimum atomic E-state index is -0.189. The molecule has 3 rings (SSSR count). The Hall–Kier alpha value is -0.870. The smallest absolute Gasteiger partial charge is 0.194 e. The van der Waals surface area contributed by atoms with Gasteiger partial charge < -0.3 is 24.3 Å². The molecule has 0 saturated carbocycles. The zero-order valence-corrected chi connectivity index (χ0v) is 19.1. The molecule has 0 aromatic carbocycles.